The molecule has 0 unspecified atom stereocenters. The van der Waals surface area contributed by atoms with Gasteiger partial charge < -0.3 is 16.4 Å². The Kier molecular flexibility index (Phi) is 4.37. The Morgan fingerprint density at radius 3 is 2.81 bits per heavy atom. The van der Waals surface area contributed by atoms with Gasteiger partial charge in [-0.2, -0.15) is 0 Å². The average Bonchev–Trinajstić information content (AvgIpc) is 2.26. The van der Waals surface area contributed by atoms with Gasteiger partial charge in [-0.05, 0) is 18.2 Å². The lowest BCUT2D eigenvalue weighted by molar-refractivity contribution is 0.0963. The van der Waals surface area contributed by atoms with Gasteiger partial charge in [0.15, 0.2) is 0 Å². The molecular formula is C11H14BrN3O. The summed E-state index contributed by atoms with van der Waals surface area (Å²) >= 11 is 3.24. The zero-order valence-electron chi connectivity index (χ0n) is 9.01. The van der Waals surface area contributed by atoms with Crippen LogP contribution in [0, 0.1) is 0 Å². The van der Waals surface area contributed by atoms with Crippen molar-refractivity contribution in [1.82, 2.24) is 5.32 Å². The lowest BCUT2D eigenvalue weighted by Gasteiger charge is -2.10. The van der Waals surface area contributed by atoms with Gasteiger partial charge in [0, 0.05) is 23.6 Å². The van der Waals surface area contributed by atoms with Gasteiger partial charge in [-0.25, -0.2) is 0 Å². The number of anilines is 2. The zero-order chi connectivity index (χ0) is 12.1. The third-order valence-corrected chi connectivity index (χ3v) is 2.29. The Balaban J connectivity index is 2.90. The molecule has 0 aromatic heterocycles. The first-order valence-corrected chi connectivity index (χ1v) is 5.52. The Morgan fingerprint density at radius 2 is 2.25 bits per heavy atom. The molecule has 0 radical (unpaired) electrons. The van der Waals surface area contributed by atoms with E-state index in [4.69, 9.17) is 5.73 Å². The number of carbonyl (C=O) groups is 1. The molecule has 0 aliphatic rings. The molecule has 0 saturated heterocycles. The smallest absolute Gasteiger partial charge is 0.251 e. The second-order valence-corrected chi connectivity index (χ2v) is 4.37. The van der Waals surface area contributed by atoms with Crippen molar-refractivity contribution in [2.75, 3.05) is 24.6 Å². The van der Waals surface area contributed by atoms with Crippen LogP contribution in [0.2, 0.25) is 0 Å². The van der Waals surface area contributed by atoms with E-state index in [1.54, 1.807) is 25.2 Å². The van der Waals surface area contributed by atoms with Crippen molar-refractivity contribution in [3.8, 4) is 0 Å². The number of carbonyl (C=O) groups excluding carboxylic acids is 1. The van der Waals surface area contributed by atoms with Gasteiger partial charge in [0.05, 0.1) is 11.4 Å². The highest BCUT2D eigenvalue weighted by molar-refractivity contribution is 9.11. The van der Waals surface area contributed by atoms with Gasteiger partial charge in [0.1, 0.15) is 0 Å². The van der Waals surface area contributed by atoms with Gasteiger partial charge >= 0.3 is 0 Å². The fraction of sp³-hybridized carbons (Fsp3) is 0.182. The van der Waals surface area contributed by atoms with Crippen LogP contribution < -0.4 is 16.4 Å². The number of nitrogen functional groups attached to an aromatic ring is 1. The molecule has 0 aliphatic heterocycles. The van der Waals surface area contributed by atoms with Crippen LogP contribution in [0.3, 0.4) is 0 Å². The maximum Gasteiger partial charge on any atom is 0.251 e. The minimum absolute atomic E-state index is 0.138. The highest BCUT2D eigenvalue weighted by Gasteiger charge is 2.06. The third kappa shape index (κ3) is 3.27. The number of benzene rings is 1. The van der Waals surface area contributed by atoms with Crippen LogP contribution in [0.1, 0.15) is 10.4 Å². The molecule has 1 amide bonds. The summed E-state index contributed by atoms with van der Waals surface area (Å²) in [5, 5.41) is 5.64. The van der Waals surface area contributed by atoms with Crippen LogP contribution in [-0.4, -0.2) is 19.5 Å². The SMILES string of the molecule is C=C(Br)CNc1cc(C(=O)NC)ccc1N. The monoisotopic (exact) mass is 283 g/mol. The molecule has 0 fully saturated rings. The topological polar surface area (TPSA) is 67.2 Å². The Morgan fingerprint density at radius 1 is 1.56 bits per heavy atom. The summed E-state index contributed by atoms with van der Waals surface area (Å²) in [6.45, 7) is 4.26. The van der Waals surface area contributed by atoms with E-state index in [0.29, 0.717) is 17.8 Å². The van der Waals surface area contributed by atoms with Gasteiger partial charge in [-0.3, -0.25) is 4.79 Å². The molecule has 0 heterocycles. The molecule has 0 atom stereocenters. The largest absolute Gasteiger partial charge is 0.397 e. The standard InChI is InChI=1S/C11H14BrN3O/c1-7(12)6-15-10-5-8(11(16)14-2)3-4-9(10)13/h3-5,15H,1,6,13H2,2H3,(H,14,16). The maximum atomic E-state index is 11.4. The minimum atomic E-state index is -0.138. The summed E-state index contributed by atoms with van der Waals surface area (Å²) in [5.41, 5.74) is 7.67. The zero-order valence-corrected chi connectivity index (χ0v) is 10.6. The van der Waals surface area contributed by atoms with E-state index in [1.807, 2.05) is 0 Å². The lowest BCUT2D eigenvalue weighted by Crippen LogP contribution is -2.18. The number of hydrogen-bond donors (Lipinski definition) is 3. The Labute approximate surface area is 103 Å². The second-order valence-electron chi connectivity index (χ2n) is 3.25. The molecule has 86 valence electrons. The van der Waals surface area contributed by atoms with E-state index in [9.17, 15) is 4.79 Å². The molecule has 0 bridgehead atoms. The molecule has 0 spiro atoms. The van der Waals surface area contributed by atoms with Crippen LogP contribution in [-0.2, 0) is 0 Å². The number of nitrogens with two attached hydrogens (primary N) is 1. The summed E-state index contributed by atoms with van der Waals surface area (Å²) < 4.78 is 0.817. The molecule has 0 saturated carbocycles. The highest BCUT2D eigenvalue weighted by atomic mass is 79.9. The molecule has 1 aromatic rings. The second kappa shape index (κ2) is 5.55. The van der Waals surface area contributed by atoms with Crippen LogP contribution in [0.4, 0.5) is 11.4 Å². The summed E-state index contributed by atoms with van der Waals surface area (Å²) in [4.78, 5) is 11.4. The van der Waals surface area contributed by atoms with E-state index in [1.165, 1.54) is 0 Å². The van der Waals surface area contributed by atoms with Gasteiger partial charge in [0.25, 0.3) is 5.91 Å². The van der Waals surface area contributed by atoms with Crippen LogP contribution in [0.15, 0.2) is 29.3 Å². The van der Waals surface area contributed by atoms with Crippen molar-refractivity contribution < 1.29 is 4.79 Å². The van der Waals surface area contributed by atoms with E-state index in [-0.39, 0.29) is 5.91 Å². The summed E-state index contributed by atoms with van der Waals surface area (Å²) in [7, 11) is 1.59. The van der Waals surface area contributed by atoms with Gasteiger partial charge in [-0.15, -0.1) is 0 Å². The molecule has 1 aromatic carbocycles. The number of nitrogens with one attached hydrogen (secondary N) is 2. The summed E-state index contributed by atoms with van der Waals surface area (Å²) in [5.74, 6) is -0.138. The van der Waals surface area contributed by atoms with E-state index in [2.05, 4.69) is 33.1 Å². The molecular weight excluding hydrogens is 270 g/mol. The first-order valence-electron chi connectivity index (χ1n) is 4.73. The quantitative estimate of drug-likeness (QED) is 0.740. The average molecular weight is 284 g/mol. The van der Waals surface area contributed by atoms with Crippen molar-refractivity contribution in [3.05, 3.63) is 34.8 Å². The highest BCUT2D eigenvalue weighted by Crippen LogP contribution is 2.20. The van der Waals surface area contributed by atoms with Crippen LogP contribution in [0.5, 0.6) is 0 Å². The number of hydrogen-bond acceptors (Lipinski definition) is 3. The van der Waals surface area contributed by atoms with E-state index >= 15 is 0 Å². The van der Waals surface area contributed by atoms with Gasteiger partial charge in [0.2, 0.25) is 0 Å². The molecule has 4 N–H and O–H groups in total. The predicted molar refractivity (Wildman–Crippen MR) is 70.8 cm³/mol. The Bertz CT molecular complexity index is 418. The molecule has 1 rings (SSSR count). The lowest BCUT2D eigenvalue weighted by atomic mass is 10.1. The number of rotatable bonds is 4. The number of amides is 1. The van der Waals surface area contributed by atoms with E-state index < -0.39 is 0 Å². The first kappa shape index (κ1) is 12.6. The minimum Gasteiger partial charge on any atom is -0.397 e. The Hall–Kier alpha value is -1.49. The molecule has 0 aliphatic carbocycles. The molecule has 5 heteroatoms. The number of halogens is 1. The molecule has 4 nitrogen and oxygen atoms in total. The van der Waals surface area contributed by atoms with Crippen molar-refractivity contribution in [2.45, 2.75) is 0 Å². The van der Waals surface area contributed by atoms with Crippen molar-refractivity contribution >= 4 is 33.2 Å². The van der Waals surface area contributed by atoms with Crippen LogP contribution >= 0.6 is 15.9 Å². The van der Waals surface area contributed by atoms with Crippen LogP contribution in [0.25, 0.3) is 0 Å². The third-order valence-electron chi connectivity index (χ3n) is 2.01. The van der Waals surface area contributed by atoms with E-state index in [0.717, 1.165) is 10.2 Å². The summed E-state index contributed by atoms with van der Waals surface area (Å²) in [6.07, 6.45) is 0. The fourth-order valence-electron chi connectivity index (χ4n) is 1.19. The van der Waals surface area contributed by atoms with Crippen molar-refractivity contribution in [2.24, 2.45) is 0 Å². The molecule has 16 heavy (non-hydrogen) atoms. The van der Waals surface area contributed by atoms with Crippen molar-refractivity contribution in [3.63, 3.8) is 0 Å². The van der Waals surface area contributed by atoms with Gasteiger partial charge in [-0.1, -0.05) is 22.5 Å². The summed E-state index contributed by atoms with van der Waals surface area (Å²) in [6, 6.07) is 5.09. The normalized spacial score (nSPS) is 9.62. The van der Waals surface area contributed by atoms with Crippen molar-refractivity contribution in [1.29, 1.82) is 0 Å². The fourth-order valence-corrected chi connectivity index (χ4v) is 1.33. The predicted octanol–water partition coefficient (Wildman–Crippen LogP) is 1.95. The first-order chi connectivity index (χ1) is 7.54. The maximum absolute atomic E-state index is 11.4.